The van der Waals surface area contributed by atoms with Crippen molar-refractivity contribution in [3.05, 3.63) is 59.7 Å². The summed E-state index contributed by atoms with van der Waals surface area (Å²) in [5.41, 5.74) is 0.547. The second-order valence-electron chi connectivity index (χ2n) is 9.89. The number of aliphatic hydroxyl groups is 2. The highest BCUT2D eigenvalue weighted by molar-refractivity contribution is 7.89. The molecule has 0 saturated heterocycles. The Balaban J connectivity index is 2.00. The summed E-state index contributed by atoms with van der Waals surface area (Å²) < 4.78 is 34.9. The molecule has 2 aromatic carbocycles. The average molecular weight is 501 g/mol. The summed E-state index contributed by atoms with van der Waals surface area (Å²) in [5, 5.41) is 19.8. The van der Waals surface area contributed by atoms with E-state index in [1.807, 2.05) is 32.2 Å². The quantitative estimate of drug-likeness (QED) is 0.593. The first kappa shape index (κ1) is 27.2. The minimum Gasteiger partial charge on any atom is -0.487 e. The van der Waals surface area contributed by atoms with E-state index in [0.717, 1.165) is 6.54 Å². The number of aliphatic hydroxyl groups excluding tert-OH is 1. The van der Waals surface area contributed by atoms with Crippen molar-refractivity contribution < 1.29 is 23.4 Å². The van der Waals surface area contributed by atoms with Crippen LogP contribution in [0, 0.1) is 17.8 Å². The molecule has 0 radical (unpaired) electrons. The number of likely N-dealkylation sites (N-methyl/N-ethyl adjacent to an activating group) is 1. The van der Waals surface area contributed by atoms with E-state index in [2.05, 4.69) is 28.9 Å². The summed E-state index contributed by atoms with van der Waals surface area (Å²) in [7, 11) is -1.90. The first-order valence-electron chi connectivity index (χ1n) is 11.8. The van der Waals surface area contributed by atoms with Gasteiger partial charge in [-0.1, -0.05) is 49.1 Å². The van der Waals surface area contributed by atoms with Crippen molar-refractivity contribution in [1.82, 2.24) is 9.21 Å². The van der Waals surface area contributed by atoms with Gasteiger partial charge in [0.15, 0.2) is 0 Å². The summed E-state index contributed by atoms with van der Waals surface area (Å²) in [4.78, 5) is 2.21. The molecule has 1 aliphatic rings. The van der Waals surface area contributed by atoms with Crippen molar-refractivity contribution in [2.75, 3.05) is 26.7 Å². The van der Waals surface area contributed by atoms with Gasteiger partial charge in [-0.3, -0.25) is 4.90 Å². The first-order chi connectivity index (χ1) is 16.4. The molecule has 0 fully saturated rings. The van der Waals surface area contributed by atoms with Crippen LogP contribution in [0.2, 0.25) is 0 Å². The maximum atomic E-state index is 13.6. The monoisotopic (exact) mass is 500 g/mol. The molecule has 2 N–H and O–H groups in total. The predicted molar refractivity (Wildman–Crippen MR) is 136 cm³/mol. The van der Waals surface area contributed by atoms with Crippen molar-refractivity contribution in [3.63, 3.8) is 0 Å². The Labute approximate surface area is 209 Å². The standard InChI is InChI=1S/C27H36N2O5S/c1-20-16-29(21(2)19-30)35(32,33)26-12-11-22(13-14-27(3,4)31)15-24(26)34-25(20)18-28(5)17-23-9-7-6-8-10-23/h6-12,15,20-21,25,30-31H,16-19H2,1-5H3/t20-,21+,25+/m0/s1. The lowest BCUT2D eigenvalue weighted by Gasteiger charge is -2.37. The number of ether oxygens (including phenoxy) is 1. The van der Waals surface area contributed by atoms with Crippen LogP contribution in [0.25, 0.3) is 0 Å². The van der Waals surface area contributed by atoms with Gasteiger partial charge in [-0.15, -0.1) is 0 Å². The van der Waals surface area contributed by atoms with Gasteiger partial charge in [0.2, 0.25) is 10.0 Å². The van der Waals surface area contributed by atoms with Crippen LogP contribution in [0.15, 0.2) is 53.4 Å². The number of sulfonamides is 1. The minimum absolute atomic E-state index is 0.0502. The number of nitrogens with zero attached hydrogens (tertiary/aromatic N) is 2. The third-order valence-electron chi connectivity index (χ3n) is 5.97. The largest absolute Gasteiger partial charge is 0.487 e. The van der Waals surface area contributed by atoms with E-state index in [1.165, 1.54) is 15.9 Å². The van der Waals surface area contributed by atoms with E-state index in [9.17, 15) is 18.6 Å². The van der Waals surface area contributed by atoms with Crippen LogP contribution in [0.5, 0.6) is 5.75 Å². The Morgan fingerprint density at radius 2 is 1.91 bits per heavy atom. The topological polar surface area (TPSA) is 90.3 Å². The number of benzene rings is 2. The maximum Gasteiger partial charge on any atom is 0.247 e. The fourth-order valence-corrected chi connectivity index (χ4v) is 5.84. The van der Waals surface area contributed by atoms with E-state index in [4.69, 9.17) is 4.74 Å². The second-order valence-corrected chi connectivity index (χ2v) is 11.8. The molecule has 0 spiro atoms. The molecule has 3 atom stereocenters. The highest BCUT2D eigenvalue weighted by Gasteiger charge is 2.38. The van der Waals surface area contributed by atoms with Crippen molar-refractivity contribution in [3.8, 4) is 17.6 Å². The van der Waals surface area contributed by atoms with Gasteiger partial charge in [0, 0.05) is 37.2 Å². The highest BCUT2D eigenvalue weighted by atomic mass is 32.2. The number of hydrogen-bond donors (Lipinski definition) is 2. The smallest absolute Gasteiger partial charge is 0.247 e. The molecule has 190 valence electrons. The van der Waals surface area contributed by atoms with Crippen LogP contribution in [0.4, 0.5) is 0 Å². The van der Waals surface area contributed by atoms with Crippen molar-refractivity contribution >= 4 is 10.0 Å². The van der Waals surface area contributed by atoms with Gasteiger partial charge in [-0.25, -0.2) is 8.42 Å². The van der Waals surface area contributed by atoms with Crippen molar-refractivity contribution in [1.29, 1.82) is 0 Å². The summed E-state index contributed by atoms with van der Waals surface area (Å²) in [5.74, 6) is 5.75. The first-order valence-corrected chi connectivity index (χ1v) is 13.3. The van der Waals surface area contributed by atoms with Crippen LogP contribution >= 0.6 is 0 Å². The van der Waals surface area contributed by atoms with Crippen LogP contribution in [-0.4, -0.2) is 72.3 Å². The fourth-order valence-electron chi connectivity index (χ4n) is 4.01. The minimum atomic E-state index is -3.91. The Morgan fingerprint density at radius 3 is 2.54 bits per heavy atom. The summed E-state index contributed by atoms with van der Waals surface area (Å²) >= 11 is 0. The van der Waals surface area contributed by atoms with E-state index >= 15 is 0 Å². The van der Waals surface area contributed by atoms with Gasteiger partial charge in [0.1, 0.15) is 22.4 Å². The van der Waals surface area contributed by atoms with E-state index in [1.54, 1.807) is 32.9 Å². The molecular formula is C27H36N2O5S. The van der Waals surface area contributed by atoms with Crippen LogP contribution in [0.1, 0.15) is 38.8 Å². The van der Waals surface area contributed by atoms with Crippen LogP contribution in [-0.2, 0) is 16.6 Å². The molecular weight excluding hydrogens is 464 g/mol. The third kappa shape index (κ3) is 7.06. The lowest BCUT2D eigenvalue weighted by Crippen LogP contribution is -2.49. The van der Waals surface area contributed by atoms with E-state index < -0.39 is 21.7 Å². The van der Waals surface area contributed by atoms with Crippen molar-refractivity contribution in [2.45, 2.75) is 56.9 Å². The van der Waals surface area contributed by atoms with E-state index in [0.29, 0.717) is 12.1 Å². The van der Waals surface area contributed by atoms with Gasteiger partial charge in [0.05, 0.1) is 6.61 Å². The fraction of sp³-hybridized carbons (Fsp3) is 0.481. The molecule has 8 heteroatoms. The molecule has 0 amide bonds. The zero-order valence-corrected chi connectivity index (χ0v) is 21.9. The van der Waals surface area contributed by atoms with Crippen molar-refractivity contribution in [2.24, 2.45) is 5.92 Å². The molecule has 35 heavy (non-hydrogen) atoms. The summed E-state index contributed by atoms with van der Waals surface area (Å²) in [6.07, 6.45) is -0.302. The average Bonchev–Trinajstić information content (AvgIpc) is 2.79. The summed E-state index contributed by atoms with van der Waals surface area (Å²) in [6.45, 7) is 8.10. The van der Waals surface area contributed by atoms with Gasteiger partial charge < -0.3 is 14.9 Å². The molecule has 3 rings (SSSR count). The molecule has 7 nitrogen and oxygen atoms in total. The van der Waals surface area contributed by atoms with Gasteiger partial charge in [0.25, 0.3) is 0 Å². The lowest BCUT2D eigenvalue weighted by molar-refractivity contribution is 0.0733. The lowest BCUT2D eigenvalue weighted by atomic mass is 10.0. The van der Waals surface area contributed by atoms with Crippen LogP contribution < -0.4 is 4.74 Å². The zero-order chi connectivity index (χ0) is 25.8. The maximum absolute atomic E-state index is 13.6. The summed E-state index contributed by atoms with van der Waals surface area (Å²) in [6, 6.07) is 14.3. The molecule has 1 aliphatic heterocycles. The van der Waals surface area contributed by atoms with Gasteiger partial charge in [-0.05, 0) is 51.6 Å². The molecule has 0 unspecified atom stereocenters. The number of rotatable bonds is 6. The number of hydrogen-bond acceptors (Lipinski definition) is 6. The van der Waals surface area contributed by atoms with Gasteiger partial charge in [-0.2, -0.15) is 4.31 Å². The third-order valence-corrected chi connectivity index (χ3v) is 7.99. The Kier molecular flexibility index (Phi) is 8.63. The predicted octanol–water partition coefficient (Wildman–Crippen LogP) is 2.71. The highest BCUT2D eigenvalue weighted by Crippen LogP contribution is 2.34. The molecule has 2 aromatic rings. The molecule has 0 saturated carbocycles. The number of fused-ring (bicyclic) bond motifs is 1. The Hall–Kier alpha value is -2.41. The van der Waals surface area contributed by atoms with E-state index in [-0.39, 0.29) is 35.8 Å². The SMILES string of the molecule is C[C@H](CO)N1C[C@H](C)[C@@H](CN(C)Cc2ccccc2)Oc2cc(C#CC(C)(C)O)ccc2S1(=O)=O. The van der Waals surface area contributed by atoms with Gasteiger partial charge >= 0.3 is 0 Å². The Morgan fingerprint density at radius 1 is 1.23 bits per heavy atom. The molecule has 0 bridgehead atoms. The zero-order valence-electron chi connectivity index (χ0n) is 21.1. The normalized spacial score (nSPS) is 21.1. The Bertz CT molecular complexity index is 1170. The molecule has 0 aliphatic carbocycles. The second kappa shape index (κ2) is 11.1. The molecule has 1 heterocycles. The van der Waals surface area contributed by atoms with Crippen LogP contribution in [0.3, 0.4) is 0 Å². The molecule has 0 aromatic heterocycles.